The second-order valence-electron chi connectivity index (χ2n) is 11.7. The van der Waals surface area contributed by atoms with Crippen LogP contribution >= 0.6 is 41.2 Å². The van der Waals surface area contributed by atoms with Crippen LogP contribution in [0.3, 0.4) is 0 Å². The summed E-state index contributed by atoms with van der Waals surface area (Å²) in [5.41, 5.74) is 1.12. The Hall–Kier alpha value is 1.75. The zero-order valence-corrected chi connectivity index (χ0v) is 33.3. The molecule has 0 aromatic rings. The molecule has 2 nitrogen and oxygen atoms in total. The third-order valence-corrected chi connectivity index (χ3v) is 22.7. The summed E-state index contributed by atoms with van der Waals surface area (Å²) in [4.78, 5) is 0. The molecule has 0 heterocycles. The van der Waals surface area contributed by atoms with Crippen LogP contribution in [0.15, 0.2) is 0 Å². The van der Waals surface area contributed by atoms with Crippen LogP contribution in [0.1, 0.15) is 144 Å². The van der Waals surface area contributed by atoms with E-state index in [2.05, 4.69) is 63.1 Å². The van der Waals surface area contributed by atoms with Gasteiger partial charge in [0.15, 0.2) is 0 Å². The van der Waals surface area contributed by atoms with Gasteiger partial charge >= 0.3 is 0 Å². The van der Waals surface area contributed by atoms with E-state index in [0.717, 1.165) is 13.2 Å². The van der Waals surface area contributed by atoms with Gasteiger partial charge in [0.25, 0.3) is 0 Å². The molecule has 2 atom stereocenters. The van der Waals surface area contributed by atoms with Gasteiger partial charge in [-0.25, -0.2) is 0 Å². The van der Waals surface area contributed by atoms with Crippen LogP contribution < -0.4 is 0 Å². The first-order chi connectivity index (χ1) is 19.7. The summed E-state index contributed by atoms with van der Waals surface area (Å²) < 4.78 is 13.3. The summed E-state index contributed by atoms with van der Waals surface area (Å²) in [7, 11) is 6.45. The number of rotatable bonds is 33. The molecule has 0 spiro atoms. The van der Waals surface area contributed by atoms with Crippen molar-refractivity contribution in [3.05, 3.63) is 0 Å². The average Bonchev–Trinajstić information content (AvgIpc) is 2.96. The van der Waals surface area contributed by atoms with Gasteiger partial charge in [0.05, 0.1) is 29.0 Å². The van der Waals surface area contributed by atoms with E-state index in [-0.39, 0.29) is 0 Å². The van der Waals surface area contributed by atoms with Gasteiger partial charge in [0.2, 0.25) is 0 Å². The fourth-order valence-corrected chi connectivity index (χ4v) is 20.9. The lowest BCUT2D eigenvalue weighted by Gasteiger charge is -2.27. The van der Waals surface area contributed by atoms with Gasteiger partial charge < -0.3 is 9.47 Å². The minimum Gasteiger partial charge on any atom is -0.381 e. The minimum atomic E-state index is -0.875. The SMILES string of the molecule is CCCCC[SiH](CCCCC)C(CSSSSCC(OCCCC)[SiH](CCCCC)CCCCC)OCCCC. The van der Waals surface area contributed by atoms with Gasteiger partial charge in [-0.15, -0.1) is 0 Å². The summed E-state index contributed by atoms with van der Waals surface area (Å²) in [6.45, 7) is 15.9. The molecule has 0 aromatic heterocycles. The summed E-state index contributed by atoms with van der Waals surface area (Å²) >= 11 is 0. The molecule has 0 amide bonds. The Balaban J connectivity index is 4.88. The summed E-state index contributed by atoms with van der Waals surface area (Å²) in [6, 6.07) is 5.95. The molecule has 2 unspecified atom stereocenters. The zero-order chi connectivity index (χ0) is 29.5. The third kappa shape index (κ3) is 25.1. The molecule has 0 aliphatic carbocycles. The summed E-state index contributed by atoms with van der Waals surface area (Å²) in [5, 5.41) is 0. The van der Waals surface area contributed by atoms with Gasteiger partial charge in [-0.3, -0.25) is 0 Å². The van der Waals surface area contributed by atoms with Crippen molar-refractivity contribution in [3.63, 3.8) is 0 Å². The first-order valence-corrected chi connectivity index (χ1v) is 27.2. The van der Waals surface area contributed by atoms with Crippen molar-refractivity contribution in [1.82, 2.24) is 0 Å². The van der Waals surface area contributed by atoms with Crippen molar-refractivity contribution in [1.29, 1.82) is 0 Å². The Kier molecular flexibility index (Phi) is 35.1. The smallest absolute Gasteiger partial charge is 0.0728 e. The Morgan fingerprint density at radius 3 is 1.00 bits per heavy atom. The van der Waals surface area contributed by atoms with Gasteiger partial charge in [0, 0.05) is 24.7 Å². The first kappa shape index (κ1) is 41.8. The Labute approximate surface area is 271 Å². The molecule has 242 valence electrons. The lowest BCUT2D eigenvalue weighted by Crippen LogP contribution is -2.36. The molecule has 0 aromatic carbocycles. The normalized spacial score (nSPS) is 13.5. The summed E-state index contributed by atoms with van der Waals surface area (Å²) in [6.07, 6.45) is 21.5. The van der Waals surface area contributed by atoms with Crippen molar-refractivity contribution >= 4 is 58.8 Å². The van der Waals surface area contributed by atoms with E-state index in [1.807, 2.05) is 19.7 Å². The van der Waals surface area contributed by atoms with Gasteiger partial charge in [-0.2, -0.15) is 0 Å². The maximum absolute atomic E-state index is 6.63. The molecule has 0 saturated carbocycles. The van der Waals surface area contributed by atoms with Crippen LogP contribution in [0, 0.1) is 0 Å². The van der Waals surface area contributed by atoms with E-state index in [4.69, 9.17) is 9.47 Å². The van der Waals surface area contributed by atoms with E-state index >= 15 is 0 Å². The Morgan fingerprint density at radius 2 is 0.725 bits per heavy atom. The molecule has 40 heavy (non-hydrogen) atoms. The third-order valence-electron chi connectivity index (χ3n) is 8.01. The van der Waals surface area contributed by atoms with Gasteiger partial charge in [0.1, 0.15) is 0 Å². The Bertz CT molecular complexity index is 432. The molecule has 0 N–H and O–H groups in total. The topological polar surface area (TPSA) is 18.5 Å². The van der Waals surface area contributed by atoms with Crippen molar-refractivity contribution in [2.45, 2.75) is 180 Å². The molecule has 0 fully saturated rings. The summed E-state index contributed by atoms with van der Waals surface area (Å²) in [5.74, 6) is 2.39. The standard InChI is InChI=1S/C32H70O2S4Si2/c1-7-13-19-25-39(26-20-14-8-2)31(33-23-17-11-5)29-35-37-38-36-30-32(34-24-18-12-6)40(27-21-15-9-3)28-22-16-10-4/h31-32,39-40H,7-30H2,1-6H3. The van der Waals surface area contributed by atoms with Crippen LogP contribution in [0.5, 0.6) is 0 Å². The molecule has 0 radical (unpaired) electrons. The molecular formula is C32H70O2S4Si2. The lowest BCUT2D eigenvalue weighted by atomic mass is 10.3. The molecule has 0 aliphatic rings. The molecular weight excluding hydrogens is 601 g/mol. The highest BCUT2D eigenvalue weighted by Crippen LogP contribution is 2.44. The second kappa shape index (κ2) is 33.6. The number of unbranched alkanes of at least 4 members (excludes halogenated alkanes) is 10. The Morgan fingerprint density at radius 1 is 0.425 bits per heavy atom. The molecule has 8 heteroatoms. The van der Waals surface area contributed by atoms with Crippen LogP contribution in [-0.4, -0.2) is 53.8 Å². The van der Waals surface area contributed by atoms with Crippen molar-refractivity contribution in [2.75, 3.05) is 24.7 Å². The highest BCUT2D eigenvalue weighted by Gasteiger charge is 2.25. The second-order valence-corrected chi connectivity index (χ2v) is 24.7. The number of ether oxygens (including phenoxy) is 2. The minimum absolute atomic E-state index is 0.558. The molecule has 0 bridgehead atoms. The quantitative estimate of drug-likeness (QED) is 0.0390. The average molecular weight is 671 g/mol. The van der Waals surface area contributed by atoms with E-state index in [0.29, 0.717) is 11.5 Å². The van der Waals surface area contributed by atoms with E-state index in [1.165, 1.54) is 138 Å². The number of hydrogen-bond donors (Lipinski definition) is 0. The predicted octanol–water partition coefficient (Wildman–Crippen LogP) is 12.3. The largest absolute Gasteiger partial charge is 0.381 e. The van der Waals surface area contributed by atoms with Crippen LogP contribution in [0.2, 0.25) is 24.2 Å². The van der Waals surface area contributed by atoms with E-state index in [1.54, 1.807) is 0 Å². The lowest BCUT2D eigenvalue weighted by molar-refractivity contribution is 0.113. The highest BCUT2D eigenvalue weighted by atomic mass is 33.7. The van der Waals surface area contributed by atoms with Crippen LogP contribution in [-0.2, 0) is 9.47 Å². The first-order valence-electron chi connectivity index (χ1n) is 17.5. The van der Waals surface area contributed by atoms with E-state index in [9.17, 15) is 0 Å². The number of hydrogen-bond acceptors (Lipinski definition) is 6. The zero-order valence-electron chi connectivity index (χ0n) is 27.7. The highest BCUT2D eigenvalue weighted by molar-refractivity contribution is 9.26. The van der Waals surface area contributed by atoms with Crippen molar-refractivity contribution in [3.8, 4) is 0 Å². The van der Waals surface area contributed by atoms with Gasteiger partial charge in [-0.1, -0.05) is 177 Å². The fraction of sp³-hybridized carbons (Fsp3) is 1.00. The van der Waals surface area contributed by atoms with Crippen molar-refractivity contribution in [2.24, 2.45) is 0 Å². The molecule has 0 aliphatic heterocycles. The fourth-order valence-electron chi connectivity index (χ4n) is 5.29. The van der Waals surface area contributed by atoms with Crippen molar-refractivity contribution < 1.29 is 9.47 Å². The van der Waals surface area contributed by atoms with Crippen LogP contribution in [0.25, 0.3) is 0 Å². The molecule has 0 rings (SSSR count). The monoisotopic (exact) mass is 670 g/mol. The molecule has 0 saturated heterocycles. The van der Waals surface area contributed by atoms with E-state index < -0.39 is 17.6 Å². The maximum atomic E-state index is 6.63. The van der Waals surface area contributed by atoms with Crippen LogP contribution in [0.4, 0.5) is 0 Å². The van der Waals surface area contributed by atoms with Gasteiger partial charge in [-0.05, 0) is 32.5 Å². The predicted molar refractivity (Wildman–Crippen MR) is 201 cm³/mol. The maximum Gasteiger partial charge on any atom is 0.0728 e.